The van der Waals surface area contributed by atoms with Gasteiger partial charge in [0.1, 0.15) is 0 Å². The first kappa shape index (κ1) is 10.5. The van der Waals surface area contributed by atoms with E-state index >= 15 is 0 Å². The van der Waals surface area contributed by atoms with Crippen LogP contribution in [0.3, 0.4) is 0 Å². The van der Waals surface area contributed by atoms with E-state index in [2.05, 4.69) is 10.3 Å². The number of carbonyl (C=O) groups excluding carboxylic acids is 1. The van der Waals surface area contributed by atoms with Crippen LogP contribution >= 0.6 is 0 Å². The van der Waals surface area contributed by atoms with Crippen LogP contribution in [0.5, 0.6) is 0 Å². The maximum absolute atomic E-state index is 11.2. The van der Waals surface area contributed by atoms with Crippen LogP contribution in [-0.2, 0) is 4.79 Å². The lowest BCUT2D eigenvalue weighted by molar-refractivity contribution is -0.117. The minimum atomic E-state index is -0.568. The van der Waals surface area contributed by atoms with Crippen molar-refractivity contribution in [3.05, 3.63) is 28.2 Å². The zero-order valence-corrected chi connectivity index (χ0v) is 8.13. The highest BCUT2D eigenvalue weighted by Crippen LogP contribution is 2.09. The zero-order chi connectivity index (χ0) is 10.7. The topological polar surface area (TPSA) is 88.0 Å². The average molecular weight is 195 g/mol. The van der Waals surface area contributed by atoms with E-state index in [4.69, 9.17) is 5.73 Å². The number of nitrogens with two attached hydrogens (primary N) is 1. The molecular weight excluding hydrogens is 182 g/mol. The van der Waals surface area contributed by atoms with Crippen LogP contribution in [0.15, 0.2) is 17.1 Å². The number of nitrogens with one attached hydrogen (secondary N) is 2. The van der Waals surface area contributed by atoms with Crippen LogP contribution in [0.2, 0.25) is 0 Å². The number of hydrogen-bond acceptors (Lipinski definition) is 3. The van der Waals surface area contributed by atoms with Gasteiger partial charge in [0.05, 0.1) is 11.7 Å². The second-order valence-corrected chi connectivity index (χ2v) is 3.17. The van der Waals surface area contributed by atoms with Gasteiger partial charge in [0, 0.05) is 12.3 Å². The Balaban J connectivity index is 2.88. The van der Waals surface area contributed by atoms with Crippen molar-refractivity contribution in [2.45, 2.75) is 19.9 Å². The van der Waals surface area contributed by atoms with E-state index in [0.717, 1.165) is 0 Å². The summed E-state index contributed by atoms with van der Waals surface area (Å²) in [5.74, 6) is -0.278. The molecule has 0 aliphatic carbocycles. The van der Waals surface area contributed by atoms with E-state index < -0.39 is 6.04 Å². The Kier molecular flexibility index (Phi) is 3.03. The summed E-state index contributed by atoms with van der Waals surface area (Å²) < 4.78 is 0. The van der Waals surface area contributed by atoms with Gasteiger partial charge in [-0.05, 0) is 19.4 Å². The molecule has 0 radical (unpaired) electrons. The molecule has 0 aromatic carbocycles. The van der Waals surface area contributed by atoms with Crippen molar-refractivity contribution in [2.24, 2.45) is 5.73 Å². The van der Waals surface area contributed by atoms with E-state index in [1.807, 2.05) is 0 Å². The minimum Gasteiger partial charge on any atom is -0.327 e. The second kappa shape index (κ2) is 4.06. The number of amides is 1. The highest BCUT2D eigenvalue weighted by Gasteiger charge is 2.08. The molecule has 1 rings (SSSR count). The fraction of sp³-hybridized carbons (Fsp3) is 0.333. The van der Waals surface area contributed by atoms with E-state index in [0.29, 0.717) is 11.3 Å². The van der Waals surface area contributed by atoms with E-state index in [-0.39, 0.29) is 11.5 Å². The molecule has 1 amide bonds. The Morgan fingerprint density at radius 3 is 2.79 bits per heavy atom. The van der Waals surface area contributed by atoms with Gasteiger partial charge in [-0.2, -0.15) is 0 Å². The summed E-state index contributed by atoms with van der Waals surface area (Å²) in [6, 6.07) is 0.845. The maximum Gasteiger partial charge on any atom is 0.248 e. The fourth-order valence-electron chi connectivity index (χ4n) is 0.954. The molecule has 1 heterocycles. The molecule has 0 aliphatic heterocycles. The number of aromatic nitrogens is 1. The minimum absolute atomic E-state index is 0.193. The fourth-order valence-corrected chi connectivity index (χ4v) is 0.954. The molecule has 0 saturated carbocycles. The summed E-state index contributed by atoms with van der Waals surface area (Å²) in [6.45, 7) is 3.34. The number of carbonyl (C=O) groups is 1. The number of hydrogen-bond donors (Lipinski definition) is 3. The Morgan fingerprint density at radius 2 is 2.29 bits per heavy atom. The van der Waals surface area contributed by atoms with Gasteiger partial charge < -0.3 is 16.0 Å². The summed E-state index contributed by atoms with van der Waals surface area (Å²) in [4.78, 5) is 24.6. The molecule has 76 valence electrons. The van der Waals surface area contributed by atoms with Gasteiger partial charge in [0.25, 0.3) is 0 Å². The van der Waals surface area contributed by atoms with Crippen LogP contribution in [-0.4, -0.2) is 16.9 Å². The molecule has 0 saturated heterocycles. The van der Waals surface area contributed by atoms with Gasteiger partial charge in [-0.1, -0.05) is 0 Å². The SMILES string of the molecule is Cc1cc(=O)[nH]cc1NC(=O)C(C)N. The predicted molar refractivity (Wildman–Crippen MR) is 54.1 cm³/mol. The van der Waals surface area contributed by atoms with Crippen LogP contribution in [0, 0.1) is 6.92 Å². The van der Waals surface area contributed by atoms with Crippen molar-refractivity contribution in [3.8, 4) is 0 Å². The van der Waals surface area contributed by atoms with Crippen LogP contribution in [0.25, 0.3) is 0 Å². The molecular formula is C9H13N3O2. The summed E-state index contributed by atoms with van der Waals surface area (Å²) in [6.07, 6.45) is 1.46. The van der Waals surface area contributed by atoms with Crippen molar-refractivity contribution in [1.29, 1.82) is 0 Å². The lowest BCUT2D eigenvalue weighted by Crippen LogP contribution is -2.32. The molecule has 1 unspecified atom stereocenters. The van der Waals surface area contributed by atoms with Gasteiger partial charge in [-0.15, -0.1) is 0 Å². The number of H-pyrrole nitrogens is 1. The van der Waals surface area contributed by atoms with Gasteiger partial charge in [-0.3, -0.25) is 9.59 Å². The lowest BCUT2D eigenvalue weighted by atomic mass is 10.2. The van der Waals surface area contributed by atoms with E-state index in [1.54, 1.807) is 13.8 Å². The Morgan fingerprint density at radius 1 is 1.64 bits per heavy atom. The maximum atomic E-state index is 11.2. The van der Waals surface area contributed by atoms with Crippen molar-refractivity contribution in [2.75, 3.05) is 5.32 Å². The second-order valence-electron chi connectivity index (χ2n) is 3.17. The highest BCUT2D eigenvalue weighted by molar-refractivity contribution is 5.94. The Bertz CT molecular complexity index is 395. The number of aromatic amines is 1. The predicted octanol–water partition coefficient (Wildman–Crippen LogP) is -0.0310. The quantitative estimate of drug-likeness (QED) is 0.619. The van der Waals surface area contributed by atoms with Crippen LogP contribution in [0.4, 0.5) is 5.69 Å². The summed E-state index contributed by atoms with van der Waals surface area (Å²) in [7, 11) is 0. The van der Waals surface area contributed by atoms with Crippen molar-refractivity contribution < 1.29 is 4.79 Å². The third kappa shape index (κ3) is 2.43. The van der Waals surface area contributed by atoms with Gasteiger partial charge in [0.2, 0.25) is 11.5 Å². The molecule has 1 aromatic rings. The largest absolute Gasteiger partial charge is 0.327 e. The van der Waals surface area contributed by atoms with Gasteiger partial charge in [-0.25, -0.2) is 0 Å². The van der Waals surface area contributed by atoms with Crippen LogP contribution in [0.1, 0.15) is 12.5 Å². The first-order valence-electron chi connectivity index (χ1n) is 4.26. The number of rotatable bonds is 2. The zero-order valence-electron chi connectivity index (χ0n) is 8.13. The smallest absolute Gasteiger partial charge is 0.248 e. The molecule has 0 aliphatic rings. The summed E-state index contributed by atoms with van der Waals surface area (Å²) in [5.41, 5.74) is 6.47. The average Bonchev–Trinajstić information content (AvgIpc) is 2.09. The highest BCUT2D eigenvalue weighted by atomic mass is 16.2. The molecule has 1 atom stereocenters. The Hall–Kier alpha value is -1.62. The van der Waals surface area contributed by atoms with E-state index in [9.17, 15) is 9.59 Å². The molecule has 14 heavy (non-hydrogen) atoms. The molecule has 0 spiro atoms. The third-order valence-corrected chi connectivity index (χ3v) is 1.80. The lowest BCUT2D eigenvalue weighted by Gasteiger charge is -2.09. The first-order chi connectivity index (χ1) is 6.50. The number of aryl methyl sites for hydroxylation is 1. The molecule has 1 aromatic heterocycles. The van der Waals surface area contributed by atoms with Gasteiger partial charge >= 0.3 is 0 Å². The van der Waals surface area contributed by atoms with Crippen molar-refractivity contribution in [1.82, 2.24) is 4.98 Å². The Labute approximate surface area is 81.3 Å². The van der Waals surface area contributed by atoms with Crippen LogP contribution < -0.4 is 16.6 Å². The molecule has 5 heteroatoms. The molecule has 5 nitrogen and oxygen atoms in total. The summed E-state index contributed by atoms with van der Waals surface area (Å²) >= 11 is 0. The molecule has 0 fully saturated rings. The standard InChI is InChI=1S/C9H13N3O2/c1-5-3-8(13)11-4-7(5)12-9(14)6(2)10/h3-4,6H,10H2,1-2H3,(H,11,13)(H,12,14). The monoisotopic (exact) mass is 195 g/mol. The van der Waals surface area contributed by atoms with Crippen molar-refractivity contribution >= 4 is 11.6 Å². The molecule has 0 bridgehead atoms. The number of anilines is 1. The summed E-state index contributed by atoms with van der Waals surface area (Å²) in [5, 5.41) is 2.60. The number of pyridine rings is 1. The van der Waals surface area contributed by atoms with Gasteiger partial charge in [0.15, 0.2) is 0 Å². The first-order valence-corrected chi connectivity index (χ1v) is 4.26. The van der Waals surface area contributed by atoms with Crippen molar-refractivity contribution in [3.63, 3.8) is 0 Å². The van der Waals surface area contributed by atoms with E-state index in [1.165, 1.54) is 12.3 Å². The third-order valence-electron chi connectivity index (χ3n) is 1.80. The molecule has 4 N–H and O–H groups in total. The normalized spacial score (nSPS) is 12.2.